The lowest BCUT2D eigenvalue weighted by Gasteiger charge is -2.23. The van der Waals surface area contributed by atoms with Gasteiger partial charge in [-0.05, 0) is 43.5 Å². The van der Waals surface area contributed by atoms with Gasteiger partial charge in [0.25, 0.3) is 0 Å². The Morgan fingerprint density at radius 2 is 2.06 bits per heavy atom. The number of aliphatic hydroxyl groups excluding tert-OH is 1. The van der Waals surface area contributed by atoms with Crippen molar-refractivity contribution < 1.29 is 9.50 Å². The molecule has 4 heteroatoms. The van der Waals surface area contributed by atoms with Crippen LogP contribution in [0.1, 0.15) is 19.3 Å². The summed E-state index contributed by atoms with van der Waals surface area (Å²) in [6, 6.07) is 6.05. The summed E-state index contributed by atoms with van der Waals surface area (Å²) in [5.74, 6) is -0.277. The van der Waals surface area contributed by atoms with Gasteiger partial charge in [0.1, 0.15) is 5.82 Å². The zero-order valence-corrected chi connectivity index (χ0v) is 9.41. The first-order chi connectivity index (χ1) is 8.20. The number of hydrogen-bond donors (Lipinski definition) is 3. The minimum atomic E-state index is -0.566. The van der Waals surface area contributed by atoms with E-state index >= 15 is 0 Å². The van der Waals surface area contributed by atoms with E-state index in [1.165, 1.54) is 18.3 Å². The first-order valence-corrected chi connectivity index (χ1v) is 5.65. The van der Waals surface area contributed by atoms with E-state index in [1.54, 1.807) is 12.1 Å². The molecule has 3 nitrogen and oxygen atoms in total. The van der Waals surface area contributed by atoms with Crippen molar-refractivity contribution >= 4 is 11.9 Å². The highest BCUT2D eigenvalue weighted by Crippen LogP contribution is 2.25. The van der Waals surface area contributed by atoms with Crippen LogP contribution in [0.25, 0.3) is 0 Å². The zero-order valence-electron chi connectivity index (χ0n) is 9.41. The van der Waals surface area contributed by atoms with Gasteiger partial charge in [0, 0.05) is 23.2 Å². The lowest BCUT2D eigenvalue weighted by Crippen LogP contribution is -2.21. The fourth-order valence-corrected chi connectivity index (χ4v) is 2.00. The minimum Gasteiger partial charge on any atom is -0.388 e. The van der Waals surface area contributed by atoms with Gasteiger partial charge in [0.15, 0.2) is 0 Å². The van der Waals surface area contributed by atoms with Crippen LogP contribution in [-0.2, 0) is 0 Å². The van der Waals surface area contributed by atoms with Crippen molar-refractivity contribution in [2.75, 3.05) is 5.32 Å². The van der Waals surface area contributed by atoms with Gasteiger partial charge in [-0.1, -0.05) is 0 Å². The Morgan fingerprint density at radius 1 is 1.35 bits per heavy atom. The smallest absolute Gasteiger partial charge is 0.123 e. The first kappa shape index (κ1) is 11.8. The van der Waals surface area contributed by atoms with Crippen molar-refractivity contribution in [3.05, 3.63) is 41.4 Å². The van der Waals surface area contributed by atoms with E-state index in [4.69, 9.17) is 5.41 Å². The molecule has 0 aromatic heterocycles. The van der Waals surface area contributed by atoms with Crippen LogP contribution in [0.5, 0.6) is 0 Å². The van der Waals surface area contributed by atoms with Gasteiger partial charge in [-0.25, -0.2) is 4.39 Å². The molecule has 1 aliphatic carbocycles. The van der Waals surface area contributed by atoms with Gasteiger partial charge in [-0.2, -0.15) is 0 Å². The van der Waals surface area contributed by atoms with Crippen LogP contribution in [0.3, 0.4) is 0 Å². The molecule has 0 spiro atoms. The van der Waals surface area contributed by atoms with Crippen LogP contribution in [0.4, 0.5) is 10.1 Å². The third-order valence-electron chi connectivity index (χ3n) is 2.91. The Morgan fingerprint density at radius 3 is 2.71 bits per heavy atom. The second-order valence-electron chi connectivity index (χ2n) is 4.12. The van der Waals surface area contributed by atoms with Gasteiger partial charge in [0.05, 0.1) is 6.10 Å². The summed E-state index contributed by atoms with van der Waals surface area (Å²) < 4.78 is 12.8. The van der Waals surface area contributed by atoms with E-state index in [0.717, 1.165) is 24.2 Å². The third kappa shape index (κ3) is 2.71. The maximum absolute atomic E-state index is 12.8. The number of allylic oxidation sites excluding steroid dienone is 1. The molecule has 3 N–H and O–H groups in total. The van der Waals surface area contributed by atoms with Gasteiger partial charge in [-0.3, -0.25) is 0 Å². The van der Waals surface area contributed by atoms with Crippen LogP contribution < -0.4 is 5.32 Å². The molecule has 0 heterocycles. The van der Waals surface area contributed by atoms with E-state index in [2.05, 4.69) is 5.32 Å². The lowest BCUT2D eigenvalue weighted by molar-refractivity contribution is 0.196. The minimum absolute atomic E-state index is 0.277. The van der Waals surface area contributed by atoms with Crippen LogP contribution in [0.2, 0.25) is 0 Å². The van der Waals surface area contributed by atoms with Gasteiger partial charge < -0.3 is 15.8 Å². The van der Waals surface area contributed by atoms with E-state index < -0.39 is 6.10 Å². The Hall–Kier alpha value is -1.68. The maximum atomic E-state index is 12.8. The summed E-state index contributed by atoms with van der Waals surface area (Å²) in [5, 5.41) is 20.2. The van der Waals surface area contributed by atoms with Crippen LogP contribution in [-0.4, -0.2) is 17.4 Å². The van der Waals surface area contributed by atoms with Crippen molar-refractivity contribution in [1.82, 2.24) is 0 Å². The van der Waals surface area contributed by atoms with Crippen LogP contribution in [0.15, 0.2) is 35.5 Å². The molecule has 2 rings (SSSR count). The molecule has 0 radical (unpaired) electrons. The second-order valence-corrected chi connectivity index (χ2v) is 4.12. The van der Waals surface area contributed by atoms with E-state index in [0.29, 0.717) is 12.0 Å². The molecule has 90 valence electrons. The predicted molar refractivity (Wildman–Crippen MR) is 65.7 cm³/mol. The fourth-order valence-electron chi connectivity index (χ4n) is 2.00. The van der Waals surface area contributed by atoms with E-state index in [-0.39, 0.29) is 5.82 Å². The molecule has 0 saturated carbocycles. The molecule has 0 unspecified atom stereocenters. The third-order valence-corrected chi connectivity index (χ3v) is 2.91. The quantitative estimate of drug-likeness (QED) is 0.704. The van der Waals surface area contributed by atoms with Crippen molar-refractivity contribution in [3.63, 3.8) is 0 Å². The van der Waals surface area contributed by atoms with Crippen molar-refractivity contribution in [2.24, 2.45) is 0 Å². The fraction of sp³-hybridized carbons (Fsp3) is 0.308. The number of rotatable bonds is 3. The van der Waals surface area contributed by atoms with E-state index in [9.17, 15) is 9.50 Å². The molecule has 1 aromatic carbocycles. The van der Waals surface area contributed by atoms with Gasteiger partial charge in [0.2, 0.25) is 0 Å². The van der Waals surface area contributed by atoms with E-state index in [1.807, 2.05) is 0 Å². The molecule has 0 bridgehead atoms. The summed E-state index contributed by atoms with van der Waals surface area (Å²) >= 11 is 0. The number of halogens is 1. The lowest BCUT2D eigenvalue weighted by atomic mass is 9.94. The number of anilines is 1. The van der Waals surface area contributed by atoms with Gasteiger partial charge in [-0.15, -0.1) is 0 Å². The van der Waals surface area contributed by atoms with Crippen molar-refractivity contribution in [2.45, 2.75) is 25.4 Å². The number of nitrogens with one attached hydrogen (secondary N) is 2. The average molecular weight is 234 g/mol. The number of hydrogen-bond acceptors (Lipinski definition) is 3. The Kier molecular flexibility index (Phi) is 3.54. The Balaban J connectivity index is 2.21. The molecule has 1 aromatic rings. The highest BCUT2D eigenvalue weighted by molar-refractivity contribution is 5.80. The first-order valence-electron chi connectivity index (χ1n) is 5.65. The SMILES string of the molecule is N=CC1=C(Nc2ccc(F)cc2)CCC[C@@H]1O. The van der Waals surface area contributed by atoms with Crippen molar-refractivity contribution in [1.29, 1.82) is 5.41 Å². The summed E-state index contributed by atoms with van der Waals surface area (Å²) in [5.41, 5.74) is 2.25. The molecule has 0 fully saturated rings. The molecule has 1 atom stereocenters. The number of benzene rings is 1. The molecular weight excluding hydrogens is 219 g/mol. The topological polar surface area (TPSA) is 56.1 Å². The highest BCUT2D eigenvalue weighted by Gasteiger charge is 2.19. The van der Waals surface area contributed by atoms with Crippen LogP contribution in [0, 0.1) is 11.2 Å². The summed E-state index contributed by atoms with van der Waals surface area (Å²) in [4.78, 5) is 0. The summed E-state index contributed by atoms with van der Waals surface area (Å²) in [7, 11) is 0. The van der Waals surface area contributed by atoms with Gasteiger partial charge >= 0.3 is 0 Å². The molecule has 0 amide bonds. The van der Waals surface area contributed by atoms with Crippen LogP contribution >= 0.6 is 0 Å². The predicted octanol–water partition coefficient (Wildman–Crippen LogP) is 2.69. The van der Waals surface area contributed by atoms with Crippen molar-refractivity contribution in [3.8, 4) is 0 Å². The standard InChI is InChI=1S/C13H15FN2O/c14-9-4-6-10(7-5-9)16-12-2-1-3-13(17)11(12)8-15/h4-8,13,15-17H,1-3H2/t13-/m0/s1. The molecule has 1 aliphatic rings. The highest BCUT2D eigenvalue weighted by atomic mass is 19.1. The Bertz CT molecular complexity index is 439. The molecular formula is C13H15FN2O. The Labute approximate surface area is 99.5 Å². The maximum Gasteiger partial charge on any atom is 0.123 e. The summed E-state index contributed by atoms with van der Waals surface area (Å²) in [6.07, 6.45) is 3.01. The molecule has 0 aliphatic heterocycles. The summed E-state index contributed by atoms with van der Waals surface area (Å²) in [6.45, 7) is 0. The zero-order chi connectivity index (χ0) is 12.3. The second kappa shape index (κ2) is 5.10. The molecule has 17 heavy (non-hydrogen) atoms. The molecule has 0 saturated heterocycles. The monoisotopic (exact) mass is 234 g/mol. The normalized spacial score (nSPS) is 20.2. The largest absolute Gasteiger partial charge is 0.388 e. The number of aliphatic hydroxyl groups is 1. The average Bonchev–Trinajstić information content (AvgIpc) is 2.32.